The number of rotatable bonds is 0. The van der Waals surface area contributed by atoms with Gasteiger partial charge in [0.1, 0.15) is 0 Å². The van der Waals surface area contributed by atoms with Crippen molar-refractivity contribution in [3.05, 3.63) is 36.7 Å². The summed E-state index contributed by atoms with van der Waals surface area (Å²) in [5, 5.41) is 2.89. The first-order valence-corrected chi connectivity index (χ1v) is 2.15. The van der Waals surface area contributed by atoms with Gasteiger partial charge in [0.15, 0.2) is 0 Å². The van der Waals surface area contributed by atoms with Gasteiger partial charge in [0.2, 0.25) is 0 Å². The van der Waals surface area contributed by atoms with Crippen molar-refractivity contribution in [2.75, 3.05) is 0 Å². The molecule has 0 spiro atoms. The molecule has 0 amide bonds. The number of hydrogen-bond acceptors (Lipinski definition) is 1. The van der Waals surface area contributed by atoms with Crippen molar-refractivity contribution in [2.24, 2.45) is 0 Å². The van der Waals surface area contributed by atoms with Crippen LogP contribution in [-0.2, 0) is 0 Å². The third-order valence-corrected chi connectivity index (χ3v) is 0.661. The first kappa shape index (κ1) is 4.19. The van der Waals surface area contributed by atoms with Gasteiger partial charge in [0, 0.05) is 12.4 Å². The summed E-state index contributed by atoms with van der Waals surface area (Å²) >= 11 is 0. The summed E-state index contributed by atoms with van der Waals surface area (Å²) in [7, 11) is 0. The van der Waals surface area contributed by atoms with E-state index < -0.39 is 0 Å². The van der Waals surface area contributed by atoms with Crippen LogP contribution in [0.1, 0.15) is 0 Å². The van der Waals surface area contributed by atoms with Crippen molar-refractivity contribution in [1.29, 1.82) is 0 Å². The van der Waals surface area contributed by atoms with Crippen LogP contribution in [0.15, 0.2) is 30.6 Å². The molecule has 0 aromatic carbocycles. The Morgan fingerprint density at radius 3 is 3.29 bits per heavy atom. The van der Waals surface area contributed by atoms with Crippen molar-refractivity contribution in [1.82, 2.24) is 5.32 Å². The maximum absolute atomic E-state index is 2.89. The van der Waals surface area contributed by atoms with Gasteiger partial charge in [0.25, 0.3) is 0 Å². The Balaban J connectivity index is 2.60. The molecule has 1 aliphatic heterocycles. The Bertz CT molecular complexity index is 106. The molecule has 0 aromatic heterocycles. The summed E-state index contributed by atoms with van der Waals surface area (Å²) in [5.74, 6) is 0. The van der Waals surface area contributed by atoms with Crippen molar-refractivity contribution >= 4 is 0 Å². The zero-order valence-electron chi connectivity index (χ0n) is 3.89. The van der Waals surface area contributed by atoms with E-state index in [0.717, 1.165) is 0 Å². The standard InChI is InChI=1S/C6H6N/c1-2-4-6-7-5-3-1/h1,3-7H. The lowest BCUT2D eigenvalue weighted by atomic mass is 10.5. The third kappa shape index (κ3) is 1.26. The van der Waals surface area contributed by atoms with E-state index in [9.17, 15) is 0 Å². The Hall–Kier alpha value is -0.980. The molecule has 7 heavy (non-hydrogen) atoms. The SMILES string of the molecule is [C]1=CC=CNC=C1. The predicted octanol–water partition coefficient (Wildman–Crippen LogP) is 0.976. The minimum absolute atomic E-state index is 1.82. The topological polar surface area (TPSA) is 12.0 Å². The van der Waals surface area contributed by atoms with Gasteiger partial charge in [-0.1, -0.05) is 6.08 Å². The van der Waals surface area contributed by atoms with Crippen LogP contribution in [0, 0.1) is 6.08 Å². The Morgan fingerprint density at radius 1 is 1.29 bits per heavy atom. The van der Waals surface area contributed by atoms with Crippen LogP contribution in [0.25, 0.3) is 0 Å². The molecule has 0 atom stereocenters. The van der Waals surface area contributed by atoms with E-state index >= 15 is 0 Å². The van der Waals surface area contributed by atoms with Crippen LogP contribution in [0.2, 0.25) is 0 Å². The van der Waals surface area contributed by atoms with E-state index in [0.29, 0.717) is 0 Å². The molecule has 0 fully saturated rings. The Morgan fingerprint density at radius 2 is 2.29 bits per heavy atom. The average Bonchev–Trinajstić information content (AvgIpc) is 1.90. The first-order valence-electron chi connectivity index (χ1n) is 2.15. The smallest absolute Gasteiger partial charge is 0.00106 e. The van der Waals surface area contributed by atoms with E-state index in [1.54, 1.807) is 0 Å². The van der Waals surface area contributed by atoms with Crippen LogP contribution in [-0.4, -0.2) is 0 Å². The fourth-order valence-corrected chi connectivity index (χ4v) is 0.367. The Labute approximate surface area is 43.0 Å². The second-order valence-corrected chi connectivity index (χ2v) is 1.19. The third-order valence-electron chi connectivity index (χ3n) is 0.661. The number of hydrogen-bond donors (Lipinski definition) is 1. The molecule has 1 rings (SSSR count). The summed E-state index contributed by atoms with van der Waals surface area (Å²) in [5.41, 5.74) is 0. The van der Waals surface area contributed by atoms with E-state index in [1.165, 1.54) is 0 Å². The molecule has 0 unspecified atom stereocenters. The van der Waals surface area contributed by atoms with Gasteiger partial charge in [-0.25, -0.2) is 0 Å². The van der Waals surface area contributed by atoms with Gasteiger partial charge in [-0.3, -0.25) is 0 Å². The molecular weight excluding hydrogens is 86.1 g/mol. The maximum atomic E-state index is 2.89. The van der Waals surface area contributed by atoms with E-state index in [-0.39, 0.29) is 0 Å². The fourth-order valence-electron chi connectivity index (χ4n) is 0.367. The normalized spacial score (nSPS) is 16.0. The highest BCUT2D eigenvalue weighted by molar-refractivity contribution is 5.09. The summed E-state index contributed by atoms with van der Waals surface area (Å²) in [6.45, 7) is 0. The van der Waals surface area contributed by atoms with Crippen LogP contribution >= 0.6 is 0 Å². The highest BCUT2D eigenvalue weighted by Gasteiger charge is 1.68. The summed E-state index contributed by atoms with van der Waals surface area (Å²) in [6.07, 6.45) is 12.1. The minimum atomic E-state index is 1.82. The molecule has 1 heterocycles. The van der Waals surface area contributed by atoms with E-state index in [1.807, 2.05) is 30.6 Å². The van der Waals surface area contributed by atoms with E-state index in [4.69, 9.17) is 0 Å². The lowest BCUT2D eigenvalue weighted by Gasteiger charge is -1.78. The molecule has 0 saturated heterocycles. The summed E-state index contributed by atoms with van der Waals surface area (Å²) in [4.78, 5) is 0. The molecule has 1 heteroatoms. The van der Waals surface area contributed by atoms with Crippen LogP contribution in [0.3, 0.4) is 0 Å². The summed E-state index contributed by atoms with van der Waals surface area (Å²) < 4.78 is 0. The van der Waals surface area contributed by atoms with Crippen molar-refractivity contribution in [2.45, 2.75) is 0 Å². The quantitative estimate of drug-likeness (QED) is 0.469. The second-order valence-electron chi connectivity index (χ2n) is 1.19. The molecular formula is C6H6N. The molecule has 35 valence electrons. The molecule has 1 radical (unpaired) electrons. The zero-order valence-corrected chi connectivity index (χ0v) is 3.89. The minimum Gasteiger partial charge on any atom is -0.368 e. The number of allylic oxidation sites excluding steroid dienone is 4. The molecule has 0 bridgehead atoms. The van der Waals surface area contributed by atoms with Crippen molar-refractivity contribution < 1.29 is 0 Å². The monoisotopic (exact) mass is 92.1 g/mol. The second kappa shape index (κ2) is 2.24. The van der Waals surface area contributed by atoms with Gasteiger partial charge in [0.05, 0.1) is 0 Å². The van der Waals surface area contributed by atoms with Gasteiger partial charge in [-0.05, 0) is 18.2 Å². The van der Waals surface area contributed by atoms with Gasteiger partial charge in [-0.15, -0.1) is 0 Å². The molecule has 0 saturated carbocycles. The molecule has 1 aliphatic rings. The Kier molecular flexibility index (Phi) is 1.34. The molecule has 0 aromatic rings. The molecule has 0 aliphatic carbocycles. The summed E-state index contributed by atoms with van der Waals surface area (Å²) in [6, 6.07) is 0. The highest BCUT2D eigenvalue weighted by atomic mass is 14.8. The van der Waals surface area contributed by atoms with Gasteiger partial charge >= 0.3 is 0 Å². The average molecular weight is 92.1 g/mol. The fraction of sp³-hybridized carbons (Fsp3) is 0. The zero-order chi connectivity index (χ0) is 4.95. The van der Waals surface area contributed by atoms with Crippen LogP contribution < -0.4 is 5.32 Å². The van der Waals surface area contributed by atoms with E-state index in [2.05, 4.69) is 11.4 Å². The number of nitrogens with one attached hydrogen (secondary N) is 1. The van der Waals surface area contributed by atoms with Gasteiger partial charge < -0.3 is 5.32 Å². The lowest BCUT2D eigenvalue weighted by Crippen LogP contribution is -1.87. The van der Waals surface area contributed by atoms with Gasteiger partial charge in [-0.2, -0.15) is 0 Å². The maximum Gasteiger partial charge on any atom is 0.00106 e. The van der Waals surface area contributed by atoms with Crippen molar-refractivity contribution in [3.63, 3.8) is 0 Å². The van der Waals surface area contributed by atoms with Crippen molar-refractivity contribution in [3.8, 4) is 0 Å². The van der Waals surface area contributed by atoms with Crippen LogP contribution in [0.5, 0.6) is 0 Å². The lowest BCUT2D eigenvalue weighted by molar-refractivity contribution is 1.20. The first-order chi connectivity index (χ1) is 3.50. The largest absolute Gasteiger partial charge is 0.368 e. The highest BCUT2D eigenvalue weighted by Crippen LogP contribution is 1.79. The predicted molar refractivity (Wildman–Crippen MR) is 29.2 cm³/mol. The molecule has 1 N–H and O–H groups in total. The van der Waals surface area contributed by atoms with Crippen LogP contribution in [0.4, 0.5) is 0 Å². The molecule has 1 nitrogen and oxygen atoms in total.